The summed E-state index contributed by atoms with van der Waals surface area (Å²) in [6, 6.07) is 11.0. The summed E-state index contributed by atoms with van der Waals surface area (Å²) in [5, 5.41) is 18.1. The van der Waals surface area contributed by atoms with E-state index in [0.29, 0.717) is 10.8 Å². The van der Waals surface area contributed by atoms with E-state index in [1.165, 1.54) is 0 Å². The molecule has 2 heterocycles. The van der Waals surface area contributed by atoms with Gasteiger partial charge in [-0.3, -0.25) is 5.32 Å². The number of furan rings is 1. The highest BCUT2D eigenvalue weighted by atomic mass is 35.5. The summed E-state index contributed by atoms with van der Waals surface area (Å²) in [5.74, 6) is 0.712. The van der Waals surface area contributed by atoms with Crippen molar-refractivity contribution in [2.75, 3.05) is 6.61 Å². The van der Waals surface area contributed by atoms with Gasteiger partial charge in [0.25, 0.3) is 0 Å². The Balaban J connectivity index is 1.82. The molecule has 6 heteroatoms. The van der Waals surface area contributed by atoms with Crippen LogP contribution in [-0.4, -0.2) is 21.5 Å². The Kier molecular flexibility index (Phi) is 5.04. The average Bonchev–Trinajstić information content (AvgIpc) is 3.22. The zero-order valence-corrected chi connectivity index (χ0v) is 14.4. The Hall–Kier alpha value is -2.08. The zero-order valence-electron chi connectivity index (χ0n) is 13.6. The number of nitrogens with one attached hydrogen (secondary N) is 1. The number of halogens is 1. The highest BCUT2D eigenvalue weighted by Gasteiger charge is 2.20. The van der Waals surface area contributed by atoms with Crippen LogP contribution in [0.4, 0.5) is 0 Å². The number of aromatic nitrogens is 2. The fraction of sp³-hybridized carbons (Fsp3) is 0.278. The lowest BCUT2D eigenvalue weighted by Crippen LogP contribution is -2.27. The molecule has 0 fully saturated rings. The molecule has 2 atom stereocenters. The fourth-order valence-corrected chi connectivity index (χ4v) is 3.01. The second-order valence-electron chi connectivity index (χ2n) is 5.72. The van der Waals surface area contributed by atoms with E-state index in [1.54, 1.807) is 6.26 Å². The second-order valence-corrected chi connectivity index (χ2v) is 6.15. The molecule has 0 saturated carbocycles. The minimum atomic E-state index is -0.260. The maximum absolute atomic E-state index is 9.62. The predicted octanol–water partition coefficient (Wildman–Crippen LogP) is 3.81. The smallest absolute Gasteiger partial charge is 0.123 e. The van der Waals surface area contributed by atoms with Crippen LogP contribution >= 0.6 is 11.6 Å². The first-order valence-corrected chi connectivity index (χ1v) is 8.18. The third-order valence-corrected chi connectivity index (χ3v) is 4.32. The lowest BCUT2D eigenvalue weighted by molar-refractivity contribution is 0.217. The van der Waals surface area contributed by atoms with Gasteiger partial charge in [-0.05, 0) is 44.2 Å². The number of hydrogen-bond acceptors (Lipinski definition) is 4. The van der Waals surface area contributed by atoms with Gasteiger partial charge in [0.05, 0.1) is 30.8 Å². The molecule has 0 aliphatic carbocycles. The van der Waals surface area contributed by atoms with Crippen molar-refractivity contribution in [2.24, 2.45) is 0 Å². The van der Waals surface area contributed by atoms with Crippen LogP contribution in [0.15, 0.2) is 53.3 Å². The van der Waals surface area contributed by atoms with E-state index < -0.39 is 0 Å². The van der Waals surface area contributed by atoms with Crippen molar-refractivity contribution in [3.8, 4) is 5.69 Å². The number of aliphatic hydroxyl groups is 1. The number of aliphatic hydroxyl groups excluding tert-OH is 1. The van der Waals surface area contributed by atoms with E-state index in [-0.39, 0.29) is 18.7 Å². The minimum absolute atomic E-state index is 0.000171. The second kappa shape index (κ2) is 7.21. The molecule has 1 aromatic carbocycles. The van der Waals surface area contributed by atoms with Gasteiger partial charge in [-0.15, -0.1) is 0 Å². The molecule has 0 saturated heterocycles. The van der Waals surface area contributed by atoms with Crippen molar-refractivity contribution in [3.05, 3.63) is 70.9 Å². The van der Waals surface area contributed by atoms with Crippen LogP contribution in [0, 0.1) is 6.92 Å². The van der Waals surface area contributed by atoms with Crippen LogP contribution in [0.5, 0.6) is 0 Å². The molecule has 0 aliphatic rings. The first-order valence-electron chi connectivity index (χ1n) is 7.81. The van der Waals surface area contributed by atoms with Gasteiger partial charge in [-0.25, -0.2) is 4.68 Å². The summed E-state index contributed by atoms with van der Waals surface area (Å²) >= 11 is 6.07. The lowest BCUT2D eigenvalue weighted by atomic mass is 10.1. The van der Waals surface area contributed by atoms with Crippen LogP contribution < -0.4 is 5.32 Å². The molecule has 2 unspecified atom stereocenters. The molecule has 24 heavy (non-hydrogen) atoms. The molecular weight excluding hydrogens is 326 g/mol. The van der Waals surface area contributed by atoms with E-state index in [0.717, 1.165) is 16.9 Å². The number of benzene rings is 1. The maximum atomic E-state index is 9.62. The molecule has 3 rings (SSSR count). The SMILES string of the molecule is Cc1c(C(C)NC(CO)c2ccco2)cnn1-c1cccc(Cl)c1. The Morgan fingerprint density at radius 2 is 2.17 bits per heavy atom. The molecule has 126 valence electrons. The summed E-state index contributed by atoms with van der Waals surface area (Å²) in [6.07, 6.45) is 3.44. The highest BCUT2D eigenvalue weighted by molar-refractivity contribution is 6.30. The minimum Gasteiger partial charge on any atom is -0.468 e. The lowest BCUT2D eigenvalue weighted by Gasteiger charge is -2.20. The molecule has 5 nitrogen and oxygen atoms in total. The van der Waals surface area contributed by atoms with Crippen molar-refractivity contribution in [2.45, 2.75) is 25.9 Å². The molecule has 0 bridgehead atoms. The summed E-state index contributed by atoms with van der Waals surface area (Å²) in [5.41, 5.74) is 3.00. The van der Waals surface area contributed by atoms with Gasteiger partial charge in [0, 0.05) is 22.3 Å². The van der Waals surface area contributed by atoms with Gasteiger partial charge in [0.2, 0.25) is 0 Å². The first kappa shape index (κ1) is 16.8. The Morgan fingerprint density at radius 1 is 1.33 bits per heavy atom. The quantitative estimate of drug-likeness (QED) is 0.713. The molecule has 0 amide bonds. The highest BCUT2D eigenvalue weighted by Crippen LogP contribution is 2.24. The summed E-state index contributed by atoms with van der Waals surface area (Å²) < 4.78 is 7.24. The van der Waals surface area contributed by atoms with E-state index in [1.807, 2.05) is 61.1 Å². The third kappa shape index (κ3) is 3.38. The van der Waals surface area contributed by atoms with E-state index in [2.05, 4.69) is 10.4 Å². The average molecular weight is 346 g/mol. The van der Waals surface area contributed by atoms with E-state index in [4.69, 9.17) is 16.0 Å². The van der Waals surface area contributed by atoms with Gasteiger partial charge in [-0.2, -0.15) is 5.10 Å². The fourth-order valence-electron chi connectivity index (χ4n) is 2.82. The normalized spacial score (nSPS) is 13.8. The van der Waals surface area contributed by atoms with Crippen LogP contribution in [0.2, 0.25) is 5.02 Å². The Labute approximate surface area is 145 Å². The molecule has 2 aromatic heterocycles. The van der Waals surface area contributed by atoms with Gasteiger partial charge >= 0.3 is 0 Å². The molecule has 0 radical (unpaired) electrons. The van der Waals surface area contributed by atoms with Gasteiger partial charge < -0.3 is 9.52 Å². The largest absolute Gasteiger partial charge is 0.468 e. The van der Waals surface area contributed by atoms with Crippen molar-refractivity contribution in [1.82, 2.24) is 15.1 Å². The van der Waals surface area contributed by atoms with Gasteiger partial charge in [0.1, 0.15) is 5.76 Å². The molecular formula is C18H20ClN3O2. The van der Waals surface area contributed by atoms with Crippen LogP contribution in [-0.2, 0) is 0 Å². The monoisotopic (exact) mass is 345 g/mol. The van der Waals surface area contributed by atoms with Crippen molar-refractivity contribution < 1.29 is 9.52 Å². The standard InChI is InChI=1S/C18H20ClN3O2/c1-12(21-17(11-23)18-7-4-8-24-18)16-10-20-22(13(16)2)15-6-3-5-14(19)9-15/h3-10,12,17,21,23H,11H2,1-2H3. The Bertz CT molecular complexity index is 798. The number of hydrogen-bond donors (Lipinski definition) is 2. The summed E-state index contributed by atoms with van der Waals surface area (Å²) in [6.45, 7) is 4.01. The van der Waals surface area contributed by atoms with Crippen molar-refractivity contribution in [1.29, 1.82) is 0 Å². The summed E-state index contributed by atoms with van der Waals surface area (Å²) in [4.78, 5) is 0. The van der Waals surface area contributed by atoms with Crippen LogP contribution in [0.1, 0.15) is 36.0 Å². The van der Waals surface area contributed by atoms with Crippen LogP contribution in [0.25, 0.3) is 5.69 Å². The zero-order chi connectivity index (χ0) is 17.1. The van der Waals surface area contributed by atoms with Crippen molar-refractivity contribution >= 4 is 11.6 Å². The molecule has 3 aromatic rings. The van der Waals surface area contributed by atoms with Crippen LogP contribution in [0.3, 0.4) is 0 Å². The first-order chi connectivity index (χ1) is 11.6. The molecule has 0 aliphatic heterocycles. The predicted molar refractivity (Wildman–Crippen MR) is 93.4 cm³/mol. The summed E-state index contributed by atoms with van der Waals surface area (Å²) in [7, 11) is 0. The van der Waals surface area contributed by atoms with Gasteiger partial charge in [-0.1, -0.05) is 17.7 Å². The van der Waals surface area contributed by atoms with Gasteiger partial charge in [0.15, 0.2) is 0 Å². The van der Waals surface area contributed by atoms with E-state index in [9.17, 15) is 5.11 Å². The molecule has 0 spiro atoms. The number of rotatable bonds is 6. The van der Waals surface area contributed by atoms with E-state index >= 15 is 0 Å². The molecule has 2 N–H and O–H groups in total. The topological polar surface area (TPSA) is 63.2 Å². The third-order valence-electron chi connectivity index (χ3n) is 4.09. The van der Waals surface area contributed by atoms with Crippen molar-refractivity contribution in [3.63, 3.8) is 0 Å². The Morgan fingerprint density at radius 3 is 2.83 bits per heavy atom. The number of nitrogens with zero attached hydrogens (tertiary/aromatic N) is 2. The maximum Gasteiger partial charge on any atom is 0.123 e.